The number of amides is 1. The number of hydrogen-bond acceptors (Lipinski definition) is 5. The first-order valence-electron chi connectivity index (χ1n) is 9.17. The van der Waals surface area contributed by atoms with Crippen LogP contribution in [0, 0.1) is 0 Å². The summed E-state index contributed by atoms with van der Waals surface area (Å²) in [6.07, 6.45) is 1.70. The maximum absolute atomic E-state index is 12.7. The zero-order valence-corrected chi connectivity index (χ0v) is 16.8. The zero-order valence-electron chi connectivity index (χ0n) is 16.0. The molecule has 0 saturated carbocycles. The molecule has 1 unspecified atom stereocenters. The Labute approximate surface area is 166 Å². The Balaban J connectivity index is 1.71. The quantitative estimate of drug-likeness (QED) is 0.696. The van der Waals surface area contributed by atoms with Crippen LogP contribution in [0.1, 0.15) is 29.3 Å². The molecule has 7 heteroatoms. The smallest absolute Gasteiger partial charge is 0.339 e. The number of hydrogen-bond donors (Lipinski definition) is 0. The maximum Gasteiger partial charge on any atom is 0.339 e. The summed E-state index contributed by atoms with van der Waals surface area (Å²) < 4.78 is 22.6. The Morgan fingerprint density at radius 2 is 1.96 bits per heavy atom. The van der Waals surface area contributed by atoms with E-state index in [4.69, 9.17) is 9.47 Å². The molecule has 0 saturated heterocycles. The second-order valence-electron chi connectivity index (χ2n) is 6.35. The van der Waals surface area contributed by atoms with Gasteiger partial charge in [-0.2, -0.15) is 0 Å². The van der Waals surface area contributed by atoms with Crippen LogP contribution in [0.15, 0.2) is 47.4 Å². The van der Waals surface area contributed by atoms with Gasteiger partial charge in [-0.25, -0.2) is 4.79 Å². The summed E-state index contributed by atoms with van der Waals surface area (Å²) in [5.74, 6) is 0.225. The molecule has 1 amide bonds. The van der Waals surface area contributed by atoms with Gasteiger partial charge in [-0.3, -0.25) is 9.00 Å². The Bertz CT molecular complexity index is 911. The molecule has 0 aliphatic carbocycles. The van der Waals surface area contributed by atoms with Crippen LogP contribution in [0.3, 0.4) is 0 Å². The van der Waals surface area contributed by atoms with Crippen molar-refractivity contribution in [2.75, 3.05) is 30.9 Å². The third-order valence-corrected chi connectivity index (χ3v) is 6.02. The fraction of sp³-hybridized carbons (Fsp3) is 0.333. The van der Waals surface area contributed by atoms with Crippen LogP contribution in [0.25, 0.3) is 0 Å². The molecular formula is C21H23NO5S. The maximum atomic E-state index is 12.7. The molecule has 6 nitrogen and oxygen atoms in total. The van der Waals surface area contributed by atoms with Crippen molar-refractivity contribution in [1.29, 1.82) is 0 Å². The molecule has 1 aliphatic rings. The fourth-order valence-electron chi connectivity index (χ4n) is 3.23. The minimum atomic E-state index is -1.28. The highest BCUT2D eigenvalue weighted by Crippen LogP contribution is 2.30. The van der Waals surface area contributed by atoms with Gasteiger partial charge in [0.05, 0.1) is 28.4 Å². The molecule has 148 valence electrons. The van der Waals surface area contributed by atoms with E-state index in [2.05, 4.69) is 0 Å². The zero-order chi connectivity index (χ0) is 20.1. The highest BCUT2D eigenvalue weighted by Gasteiger charge is 2.24. The lowest BCUT2D eigenvalue weighted by Gasteiger charge is -2.29. The van der Waals surface area contributed by atoms with Crippen LogP contribution in [-0.2, 0) is 26.8 Å². The molecule has 1 aliphatic heterocycles. The van der Waals surface area contributed by atoms with Gasteiger partial charge in [0.25, 0.3) is 5.91 Å². The van der Waals surface area contributed by atoms with Gasteiger partial charge >= 0.3 is 5.97 Å². The average Bonchev–Trinajstić information content (AvgIpc) is 2.75. The van der Waals surface area contributed by atoms with Gasteiger partial charge in [0.15, 0.2) is 6.61 Å². The molecule has 3 rings (SSSR count). The number of rotatable bonds is 6. The van der Waals surface area contributed by atoms with Crippen molar-refractivity contribution in [3.05, 3.63) is 53.6 Å². The van der Waals surface area contributed by atoms with E-state index in [1.165, 1.54) is 0 Å². The predicted octanol–water partition coefficient (Wildman–Crippen LogP) is 2.96. The highest BCUT2D eigenvalue weighted by atomic mass is 32.2. The summed E-state index contributed by atoms with van der Waals surface area (Å²) in [7, 11) is 0.325. The normalized spacial score (nSPS) is 14.1. The summed E-state index contributed by atoms with van der Waals surface area (Å²) in [6.45, 7) is 1.99. The van der Waals surface area contributed by atoms with E-state index in [-0.39, 0.29) is 18.1 Å². The largest absolute Gasteiger partial charge is 0.497 e. The molecule has 0 N–H and O–H groups in total. The Hall–Kier alpha value is -2.67. The number of benzene rings is 2. The molecule has 1 atom stereocenters. The fourth-order valence-corrected chi connectivity index (χ4v) is 4.17. The van der Waals surface area contributed by atoms with Gasteiger partial charge in [-0.1, -0.05) is 19.1 Å². The van der Waals surface area contributed by atoms with Crippen LogP contribution in [0.5, 0.6) is 5.75 Å². The first kappa shape index (κ1) is 20.1. The SMILES string of the molecule is CCS(=O)c1ccccc1C(=O)OCC(=O)N1CCCc2cc(OC)ccc21. The number of methoxy groups -OCH3 is 1. The number of esters is 1. The molecule has 2 aromatic carbocycles. The lowest BCUT2D eigenvalue weighted by atomic mass is 10.0. The van der Waals surface area contributed by atoms with E-state index in [0.717, 1.165) is 29.8 Å². The van der Waals surface area contributed by atoms with Crippen molar-refractivity contribution in [2.45, 2.75) is 24.7 Å². The minimum absolute atomic E-state index is 0.235. The Kier molecular flexibility index (Phi) is 6.46. The first-order chi connectivity index (χ1) is 13.5. The summed E-state index contributed by atoms with van der Waals surface area (Å²) >= 11 is 0. The van der Waals surface area contributed by atoms with Crippen molar-refractivity contribution in [3.8, 4) is 5.75 Å². The van der Waals surface area contributed by atoms with E-state index >= 15 is 0 Å². The van der Waals surface area contributed by atoms with Gasteiger partial charge < -0.3 is 14.4 Å². The number of aryl methyl sites for hydroxylation is 1. The van der Waals surface area contributed by atoms with Crippen molar-refractivity contribution < 1.29 is 23.3 Å². The van der Waals surface area contributed by atoms with Crippen molar-refractivity contribution in [3.63, 3.8) is 0 Å². The van der Waals surface area contributed by atoms with E-state index in [1.54, 1.807) is 43.2 Å². The molecule has 1 heterocycles. The molecule has 0 radical (unpaired) electrons. The predicted molar refractivity (Wildman–Crippen MR) is 107 cm³/mol. The number of carbonyl (C=O) groups is 2. The lowest BCUT2D eigenvalue weighted by Crippen LogP contribution is -2.38. The van der Waals surface area contributed by atoms with Crippen molar-refractivity contribution >= 4 is 28.4 Å². The van der Waals surface area contributed by atoms with Gasteiger partial charge in [0, 0.05) is 18.0 Å². The lowest BCUT2D eigenvalue weighted by molar-refractivity contribution is -0.121. The van der Waals surface area contributed by atoms with Gasteiger partial charge in [0.1, 0.15) is 5.75 Å². The third kappa shape index (κ3) is 4.25. The third-order valence-electron chi connectivity index (χ3n) is 4.65. The monoisotopic (exact) mass is 401 g/mol. The van der Waals surface area contributed by atoms with Crippen LogP contribution in [-0.4, -0.2) is 42.1 Å². The second-order valence-corrected chi connectivity index (χ2v) is 8.06. The summed E-state index contributed by atoms with van der Waals surface area (Å²) in [5, 5.41) is 0. The first-order valence-corrected chi connectivity index (χ1v) is 10.5. The van der Waals surface area contributed by atoms with E-state index < -0.39 is 16.8 Å². The topological polar surface area (TPSA) is 72.9 Å². The van der Waals surface area contributed by atoms with Gasteiger partial charge in [-0.05, 0) is 48.7 Å². The molecule has 0 fully saturated rings. The van der Waals surface area contributed by atoms with Crippen LogP contribution >= 0.6 is 0 Å². The van der Waals surface area contributed by atoms with Crippen molar-refractivity contribution in [2.24, 2.45) is 0 Å². The van der Waals surface area contributed by atoms with Crippen LogP contribution in [0.4, 0.5) is 5.69 Å². The number of carbonyl (C=O) groups excluding carboxylic acids is 2. The molecule has 0 spiro atoms. The number of nitrogens with zero attached hydrogens (tertiary/aromatic N) is 1. The molecule has 2 aromatic rings. The number of fused-ring (bicyclic) bond motifs is 1. The van der Waals surface area contributed by atoms with E-state index in [1.807, 2.05) is 18.2 Å². The highest BCUT2D eigenvalue weighted by molar-refractivity contribution is 7.85. The standard InChI is InChI=1S/C21H23NO5S/c1-3-28(25)19-9-5-4-8-17(19)21(24)27-14-20(23)22-12-6-7-15-13-16(26-2)10-11-18(15)22/h4-5,8-11,13H,3,6-7,12,14H2,1-2H3. The van der Waals surface area contributed by atoms with Gasteiger partial charge in [-0.15, -0.1) is 0 Å². The van der Waals surface area contributed by atoms with E-state index in [9.17, 15) is 13.8 Å². The Morgan fingerprint density at radius 3 is 2.71 bits per heavy atom. The Morgan fingerprint density at radius 1 is 1.18 bits per heavy atom. The van der Waals surface area contributed by atoms with Gasteiger partial charge in [0.2, 0.25) is 0 Å². The van der Waals surface area contributed by atoms with Crippen molar-refractivity contribution in [1.82, 2.24) is 0 Å². The summed E-state index contributed by atoms with van der Waals surface area (Å²) in [4.78, 5) is 27.2. The van der Waals surface area contributed by atoms with Crippen LogP contribution in [0.2, 0.25) is 0 Å². The summed E-state index contributed by atoms with van der Waals surface area (Å²) in [6, 6.07) is 12.2. The second kappa shape index (κ2) is 9.01. The van der Waals surface area contributed by atoms with E-state index in [0.29, 0.717) is 17.2 Å². The minimum Gasteiger partial charge on any atom is -0.497 e. The average molecular weight is 401 g/mol. The molecule has 28 heavy (non-hydrogen) atoms. The summed E-state index contributed by atoms with van der Waals surface area (Å²) in [5.41, 5.74) is 2.09. The number of ether oxygens (including phenoxy) is 2. The molecular weight excluding hydrogens is 378 g/mol. The van der Waals surface area contributed by atoms with Crippen LogP contribution < -0.4 is 9.64 Å². The number of anilines is 1. The molecule has 0 bridgehead atoms. The molecule has 0 aromatic heterocycles.